The molecule has 0 aliphatic rings. The van der Waals surface area contributed by atoms with E-state index >= 15 is 0 Å². The first-order valence-electron chi connectivity index (χ1n) is 7.46. The number of hydrogen-bond acceptors (Lipinski definition) is 4. The van der Waals surface area contributed by atoms with E-state index in [4.69, 9.17) is 4.74 Å². The highest BCUT2D eigenvalue weighted by Crippen LogP contribution is 2.29. The standard InChI is InChI=1S/C18H17N3O2/c1-3-23-16-12-8-7-11-15(16)21-18(14-9-5-4-6-10-14)17(13(2)22)19-20-21/h4-12H,3H2,1-2H3. The molecule has 1 heterocycles. The predicted octanol–water partition coefficient (Wildman–Crippen LogP) is 3.54. The Balaban J connectivity index is 2.24. The molecule has 5 heteroatoms. The number of carbonyl (C=O) groups is 1. The molecular weight excluding hydrogens is 290 g/mol. The zero-order valence-corrected chi connectivity index (χ0v) is 13.1. The van der Waals surface area contributed by atoms with Crippen LogP contribution in [-0.2, 0) is 0 Å². The van der Waals surface area contributed by atoms with Gasteiger partial charge in [-0.25, -0.2) is 4.68 Å². The number of ketones is 1. The van der Waals surface area contributed by atoms with Crippen molar-refractivity contribution in [2.24, 2.45) is 0 Å². The first-order valence-corrected chi connectivity index (χ1v) is 7.46. The number of ether oxygens (including phenoxy) is 1. The fraction of sp³-hybridized carbons (Fsp3) is 0.167. The third-order valence-corrected chi connectivity index (χ3v) is 3.44. The van der Waals surface area contributed by atoms with E-state index in [1.54, 1.807) is 4.68 Å². The van der Waals surface area contributed by atoms with Gasteiger partial charge in [-0.1, -0.05) is 47.7 Å². The van der Waals surface area contributed by atoms with Gasteiger partial charge in [-0.15, -0.1) is 5.10 Å². The number of aromatic nitrogens is 3. The van der Waals surface area contributed by atoms with Gasteiger partial charge in [-0.3, -0.25) is 4.79 Å². The van der Waals surface area contributed by atoms with Gasteiger partial charge in [0.2, 0.25) is 0 Å². The number of benzene rings is 2. The van der Waals surface area contributed by atoms with E-state index in [0.717, 1.165) is 11.3 Å². The molecular formula is C18H17N3O2. The lowest BCUT2D eigenvalue weighted by molar-refractivity contribution is 0.101. The van der Waals surface area contributed by atoms with Crippen LogP contribution in [0.3, 0.4) is 0 Å². The molecule has 23 heavy (non-hydrogen) atoms. The number of para-hydroxylation sites is 2. The molecule has 0 fully saturated rings. The minimum Gasteiger partial charge on any atom is -0.492 e. The summed E-state index contributed by atoms with van der Waals surface area (Å²) in [5, 5.41) is 8.27. The summed E-state index contributed by atoms with van der Waals surface area (Å²) in [7, 11) is 0. The molecule has 0 aliphatic carbocycles. The Morgan fingerprint density at radius 1 is 1.09 bits per heavy atom. The van der Waals surface area contributed by atoms with E-state index in [1.165, 1.54) is 6.92 Å². The highest BCUT2D eigenvalue weighted by Gasteiger charge is 2.20. The van der Waals surface area contributed by atoms with Crippen LogP contribution in [0.4, 0.5) is 0 Å². The first kappa shape index (κ1) is 15.0. The van der Waals surface area contributed by atoms with Crippen molar-refractivity contribution >= 4 is 5.78 Å². The zero-order chi connectivity index (χ0) is 16.2. The maximum atomic E-state index is 11.9. The van der Waals surface area contributed by atoms with Crippen LogP contribution in [-0.4, -0.2) is 27.4 Å². The Morgan fingerprint density at radius 3 is 2.48 bits per heavy atom. The Kier molecular flexibility index (Phi) is 4.19. The summed E-state index contributed by atoms with van der Waals surface area (Å²) >= 11 is 0. The first-order chi connectivity index (χ1) is 11.2. The van der Waals surface area contributed by atoms with Gasteiger partial charge in [0.05, 0.1) is 6.61 Å². The third-order valence-electron chi connectivity index (χ3n) is 3.44. The van der Waals surface area contributed by atoms with Crippen LogP contribution in [0, 0.1) is 0 Å². The van der Waals surface area contributed by atoms with Gasteiger partial charge in [0.1, 0.15) is 17.1 Å². The molecule has 0 N–H and O–H groups in total. The highest BCUT2D eigenvalue weighted by molar-refractivity contribution is 5.98. The Morgan fingerprint density at radius 2 is 1.78 bits per heavy atom. The quantitative estimate of drug-likeness (QED) is 0.677. The number of Topliss-reactive ketones (excluding diaryl/α,β-unsaturated/α-hetero) is 1. The van der Waals surface area contributed by atoms with E-state index in [-0.39, 0.29) is 5.78 Å². The van der Waals surface area contributed by atoms with Crippen molar-refractivity contribution in [2.45, 2.75) is 13.8 Å². The molecule has 0 aliphatic heterocycles. The molecule has 0 radical (unpaired) electrons. The van der Waals surface area contributed by atoms with Crippen LogP contribution < -0.4 is 4.74 Å². The fourth-order valence-electron chi connectivity index (χ4n) is 2.45. The van der Waals surface area contributed by atoms with E-state index in [2.05, 4.69) is 10.3 Å². The Hall–Kier alpha value is -2.95. The normalized spacial score (nSPS) is 10.5. The van der Waals surface area contributed by atoms with Gasteiger partial charge >= 0.3 is 0 Å². The minimum atomic E-state index is -0.121. The molecule has 0 spiro atoms. The van der Waals surface area contributed by atoms with Gasteiger partial charge < -0.3 is 4.74 Å². The topological polar surface area (TPSA) is 57.0 Å². The van der Waals surface area contributed by atoms with Crippen LogP contribution in [0.15, 0.2) is 54.6 Å². The van der Waals surface area contributed by atoms with E-state index < -0.39 is 0 Å². The van der Waals surface area contributed by atoms with Crippen molar-refractivity contribution in [1.29, 1.82) is 0 Å². The SMILES string of the molecule is CCOc1ccccc1-n1nnc(C(C)=O)c1-c1ccccc1. The van der Waals surface area contributed by atoms with Gasteiger partial charge in [-0.2, -0.15) is 0 Å². The molecule has 2 aromatic carbocycles. The lowest BCUT2D eigenvalue weighted by Crippen LogP contribution is -2.04. The van der Waals surface area contributed by atoms with Gasteiger partial charge in [0, 0.05) is 12.5 Å². The van der Waals surface area contributed by atoms with Crippen LogP contribution in [0.5, 0.6) is 5.75 Å². The zero-order valence-electron chi connectivity index (χ0n) is 13.1. The number of hydrogen-bond donors (Lipinski definition) is 0. The second kappa shape index (κ2) is 6.44. The molecule has 1 aromatic heterocycles. The second-order valence-electron chi connectivity index (χ2n) is 5.02. The summed E-state index contributed by atoms with van der Waals surface area (Å²) in [6.45, 7) is 3.97. The van der Waals surface area contributed by atoms with Crippen molar-refractivity contribution in [1.82, 2.24) is 15.0 Å². The second-order valence-corrected chi connectivity index (χ2v) is 5.02. The fourth-order valence-corrected chi connectivity index (χ4v) is 2.45. The van der Waals surface area contributed by atoms with Crippen molar-refractivity contribution in [3.8, 4) is 22.7 Å². The largest absolute Gasteiger partial charge is 0.492 e. The van der Waals surface area contributed by atoms with E-state index in [9.17, 15) is 4.79 Å². The van der Waals surface area contributed by atoms with Crippen LogP contribution in [0.1, 0.15) is 24.3 Å². The van der Waals surface area contributed by atoms with Crippen molar-refractivity contribution in [2.75, 3.05) is 6.61 Å². The molecule has 116 valence electrons. The predicted molar refractivity (Wildman–Crippen MR) is 88.0 cm³/mol. The van der Waals surface area contributed by atoms with Gasteiger partial charge in [-0.05, 0) is 19.1 Å². The maximum Gasteiger partial charge on any atom is 0.182 e. The highest BCUT2D eigenvalue weighted by atomic mass is 16.5. The molecule has 0 amide bonds. The molecule has 0 bridgehead atoms. The summed E-state index contributed by atoms with van der Waals surface area (Å²) in [5.41, 5.74) is 2.66. The molecule has 3 aromatic rings. The summed E-state index contributed by atoms with van der Waals surface area (Å²) < 4.78 is 7.34. The number of carbonyl (C=O) groups excluding carboxylic acids is 1. The number of nitrogens with zero attached hydrogens (tertiary/aromatic N) is 3. The molecule has 3 rings (SSSR count). The summed E-state index contributed by atoms with van der Waals surface area (Å²) in [4.78, 5) is 11.9. The average Bonchev–Trinajstić information content (AvgIpc) is 3.01. The van der Waals surface area contributed by atoms with Crippen molar-refractivity contribution in [3.05, 3.63) is 60.3 Å². The third kappa shape index (κ3) is 2.85. The van der Waals surface area contributed by atoms with Crippen LogP contribution >= 0.6 is 0 Å². The summed E-state index contributed by atoms with van der Waals surface area (Å²) in [6.07, 6.45) is 0. The maximum absolute atomic E-state index is 11.9. The molecule has 0 atom stereocenters. The monoisotopic (exact) mass is 307 g/mol. The van der Waals surface area contributed by atoms with Crippen molar-refractivity contribution < 1.29 is 9.53 Å². The molecule has 5 nitrogen and oxygen atoms in total. The Bertz CT molecular complexity index is 825. The smallest absolute Gasteiger partial charge is 0.182 e. The van der Waals surface area contributed by atoms with E-state index in [1.807, 2.05) is 61.5 Å². The molecule has 0 unspecified atom stereocenters. The summed E-state index contributed by atoms with van der Waals surface area (Å²) in [5.74, 6) is 0.580. The molecule has 0 saturated heterocycles. The van der Waals surface area contributed by atoms with E-state index in [0.29, 0.717) is 23.7 Å². The minimum absolute atomic E-state index is 0.121. The van der Waals surface area contributed by atoms with Gasteiger partial charge in [0.25, 0.3) is 0 Å². The van der Waals surface area contributed by atoms with Crippen LogP contribution in [0.25, 0.3) is 16.9 Å². The van der Waals surface area contributed by atoms with Crippen molar-refractivity contribution in [3.63, 3.8) is 0 Å². The lowest BCUT2D eigenvalue weighted by atomic mass is 10.1. The summed E-state index contributed by atoms with van der Waals surface area (Å²) in [6, 6.07) is 17.2. The lowest BCUT2D eigenvalue weighted by Gasteiger charge is -2.12. The van der Waals surface area contributed by atoms with Crippen LogP contribution in [0.2, 0.25) is 0 Å². The average molecular weight is 307 g/mol. The Labute approximate surface area is 134 Å². The molecule has 0 saturated carbocycles. The van der Waals surface area contributed by atoms with Gasteiger partial charge in [0.15, 0.2) is 11.5 Å². The number of rotatable bonds is 5.